The Bertz CT molecular complexity index is 1080. The van der Waals surface area contributed by atoms with Crippen molar-refractivity contribution in [3.63, 3.8) is 0 Å². The first-order valence-electron chi connectivity index (χ1n) is 23.7. The molecule has 0 bridgehead atoms. The molecule has 0 amide bonds. The van der Waals surface area contributed by atoms with Crippen LogP contribution in [0.15, 0.2) is 0 Å². The second kappa shape index (κ2) is 31.0. The van der Waals surface area contributed by atoms with Gasteiger partial charge in [-0.2, -0.15) is 0 Å². The number of aliphatic hydroxyl groups excluding tert-OH is 3. The quantitative estimate of drug-likeness (QED) is 0.0359. The van der Waals surface area contributed by atoms with Gasteiger partial charge in [0.25, 0.3) is 0 Å². The molecule has 0 aliphatic carbocycles. The Morgan fingerprint density at radius 2 is 0.967 bits per heavy atom. The molecular weight excluding hydrogens is 869 g/mol. The van der Waals surface area contributed by atoms with E-state index in [-0.39, 0.29) is 14.0 Å². The third-order valence-electron chi connectivity index (χ3n) is 11.2. The van der Waals surface area contributed by atoms with E-state index in [2.05, 4.69) is 112 Å². The van der Waals surface area contributed by atoms with Gasteiger partial charge in [0.1, 0.15) is 6.10 Å². The number of β-amino-alcohol motifs (C(OH)–C–C–N with tert-alkyl or cyclic N) is 3. The van der Waals surface area contributed by atoms with E-state index in [1.54, 1.807) is 0 Å². The van der Waals surface area contributed by atoms with Gasteiger partial charge in [0.05, 0.1) is 39.1 Å². The number of hydrogen-bond donors (Lipinski definition) is 4. The number of nitrogens with zero attached hydrogens (tertiary/aromatic N) is 3. The van der Waals surface area contributed by atoms with Crippen molar-refractivity contribution in [1.82, 2.24) is 20.0 Å². The lowest BCUT2D eigenvalue weighted by atomic mass is 10.2. The lowest BCUT2D eigenvalue weighted by Crippen LogP contribution is -2.49. The molecule has 0 aromatic carbocycles. The molecule has 0 radical (unpaired) electrons. The molecule has 0 aromatic heterocycles. The van der Waals surface area contributed by atoms with Crippen molar-refractivity contribution in [1.29, 1.82) is 0 Å². The summed E-state index contributed by atoms with van der Waals surface area (Å²) in [6.45, 7) is 48.3. The molecule has 4 N–H and O–H groups in total. The third-order valence-corrected chi connectivity index (χ3v) is 30.6. The van der Waals surface area contributed by atoms with E-state index >= 15 is 0 Å². The number of piperazine rings is 2. The second-order valence-corrected chi connectivity index (χ2v) is 51.5. The SMILES string of the molecule is C.C[Si](C)(C)CC[Si](C)(C)O[Si](C)(C)CCCOCC(O)CN1CCN(CCO)CC1.C[Si](C)(C)CC[Si](C)(C)O[Si](C)(C)CCCOCC1CO1.OCCN1CCNCC1. The zero-order valence-corrected chi connectivity index (χ0v) is 47.8. The molecule has 2 unspecified atom stereocenters. The molecule has 0 spiro atoms. The van der Waals surface area contributed by atoms with E-state index in [0.717, 1.165) is 104 Å². The second-order valence-electron chi connectivity index (χ2n) is 22.5. The third kappa shape index (κ3) is 36.6. The summed E-state index contributed by atoms with van der Waals surface area (Å²) in [5.41, 5.74) is 0. The van der Waals surface area contributed by atoms with Gasteiger partial charge >= 0.3 is 0 Å². The van der Waals surface area contributed by atoms with E-state index in [9.17, 15) is 5.11 Å². The van der Waals surface area contributed by atoms with Gasteiger partial charge in [-0.3, -0.25) is 14.7 Å². The summed E-state index contributed by atoms with van der Waals surface area (Å²) in [5, 5.41) is 31.1. The number of epoxide rings is 1. The van der Waals surface area contributed by atoms with Crippen LogP contribution in [0.2, 0.25) is 128 Å². The maximum absolute atomic E-state index is 10.3. The average Bonchev–Trinajstić information content (AvgIpc) is 3.95. The molecule has 2 atom stereocenters. The van der Waals surface area contributed by atoms with Gasteiger partial charge in [0.2, 0.25) is 0 Å². The molecule has 3 saturated heterocycles. The first-order valence-corrected chi connectivity index (χ1v) is 43.6. The fourth-order valence-electron chi connectivity index (χ4n) is 7.61. The van der Waals surface area contributed by atoms with Crippen LogP contribution < -0.4 is 5.32 Å². The van der Waals surface area contributed by atoms with Crippen molar-refractivity contribution in [3.05, 3.63) is 0 Å². The van der Waals surface area contributed by atoms with Crippen LogP contribution in [0.5, 0.6) is 0 Å². The molecule has 3 aliphatic rings. The first-order chi connectivity index (χ1) is 27.7. The van der Waals surface area contributed by atoms with Crippen molar-refractivity contribution in [2.24, 2.45) is 0 Å². The van der Waals surface area contributed by atoms with Crippen LogP contribution in [0.4, 0.5) is 0 Å². The predicted molar refractivity (Wildman–Crippen MR) is 277 cm³/mol. The van der Waals surface area contributed by atoms with Crippen LogP contribution in [-0.2, 0) is 22.4 Å². The minimum Gasteiger partial charge on any atom is -0.456 e. The number of rotatable bonds is 28. The Morgan fingerprint density at radius 1 is 0.574 bits per heavy atom. The smallest absolute Gasteiger partial charge is 0.173 e. The van der Waals surface area contributed by atoms with Crippen molar-refractivity contribution in [3.8, 4) is 0 Å². The summed E-state index contributed by atoms with van der Waals surface area (Å²) >= 11 is 0. The molecule has 18 heteroatoms. The summed E-state index contributed by atoms with van der Waals surface area (Å²) in [6, 6.07) is 7.72. The summed E-state index contributed by atoms with van der Waals surface area (Å²) in [6.07, 6.45) is 2.11. The molecule has 3 heterocycles. The largest absolute Gasteiger partial charge is 0.456 e. The fourth-order valence-corrected chi connectivity index (χ4v) is 34.0. The van der Waals surface area contributed by atoms with E-state index in [1.165, 1.54) is 30.2 Å². The maximum Gasteiger partial charge on any atom is 0.173 e. The minimum atomic E-state index is -1.66. The van der Waals surface area contributed by atoms with Crippen LogP contribution in [0.25, 0.3) is 0 Å². The van der Waals surface area contributed by atoms with Crippen LogP contribution in [0.1, 0.15) is 20.3 Å². The Labute approximate surface area is 384 Å². The average molecular weight is 974 g/mol. The van der Waals surface area contributed by atoms with E-state index < -0.39 is 55.5 Å². The predicted octanol–water partition coefficient (Wildman–Crippen LogP) is 7.21. The Morgan fingerprint density at radius 3 is 1.38 bits per heavy atom. The van der Waals surface area contributed by atoms with Crippen molar-refractivity contribution >= 4 is 49.4 Å². The molecule has 0 saturated carbocycles. The molecular formula is C43H104N4O8Si6. The summed E-state index contributed by atoms with van der Waals surface area (Å²) in [7, 11) is -8.20. The molecule has 3 rings (SSSR count). The van der Waals surface area contributed by atoms with Gasteiger partial charge in [-0.25, -0.2) is 0 Å². The fraction of sp³-hybridized carbons (Fsp3) is 1.00. The van der Waals surface area contributed by atoms with Gasteiger partial charge in [-0.1, -0.05) is 58.8 Å². The maximum atomic E-state index is 10.3. The van der Waals surface area contributed by atoms with Gasteiger partial charge in [-0.05, 0) is 89.4 Å². The topological polar surface area (TPSA) is 132 Å². The minimum absolute atomic E-state index is 0. The summed E-state index contributed by atoms with van der Waals surface area (Å²) in [4.78, 5) is 6.82. The van der Waals surface area contributed by atoms with Crippen molar-refractivity contribution in [2.75, 3.05) is 118 Å². The molecule has 0 aromatic rings. The van der Waals surface area contributed by atoms with Crippen molar-refractivity contribution in [2.45, 2.75) is 160 Å². The van der Waals surface area contributed by atoms with Crippen LogP contribution in [0, 0.1) is 0 Å². The number of aliphatic hydroxyl groups is 3. The van der Waals surface area contributed by atoms with Gasteiger partial charge in [0, 0.05) is 101 Å². The highest BCUT2D eigenvalue weighted by atomic mass is 28.4. The molecule has 3 aliphatic heterocycles. The van der Waals surface area contributed by atoms with E-state index in [0.29, 0.717) is 32.5 Å². The summed E-state index contributed by atoms with van der Waals surface area (Å²) < 4.78 is 30.0. The lowest BCUT2D eigenvalue weighted by Gasteiger charge is -2.35. The Hall–Kier alpha value is 0.821. The summed E-state index contributed by atoms with van der Waals surface area (Å²) in [5.74, 6) is 0. The number of ether oxygens (including phenoxy) is 3. The Balaban J connectivity index is 0.000000999. The molecule has 61 heavy (non-hydrogen) atoms. The highest BCUT2D eigenvalue weighted by molar-refractivity contribution is 6.87. The normalized spacial score (nSPS) is 19.3. The van der Waals surface area contributed by atoms with Gasteiger partial charge < -0.3 is 43.1 Å². The Kier molecular flexibility index (Phi) is 31.4. The number of hydrogen-bond acceptors (Lipinski definition) is 12. The zero-order valence-electron chi connectivity index (χ0n) is 41.8. The van der Waals surface area contributed by atoms with Crippen LogP contribution in [-0.4, -0.2) is 210 Å². The lowest BCUT2D eigenvalue weighted by molar-refractivity contribution is 0.00617. The van der Waals surface area contributed by atoms with Crippen LogP contribution in [0.3, 0.4) is 0 Å². The number of nitrogens with one attached hydrogen (secondary N) is 1. The monoisotopic (exact) mass is 973 g/mol. The van der Waals surface area contributed by atoms with Gasteiger partial charge in [-0.15, -0.1) is 0 Å². The van der Waals surface area contributed by atoms with E-state index in [4.69, 9.17) is 32.7 Å². The molecule has 12 nitrogen and oxygen atoms in total. The highest BCUT2D eigenvalue weighted by Crippen LogP contribution is 2.28. The highest BCUT2D eigenvalue weighted by Gasteiger charge is 2.35. The standard InChI is InChI=1S/C21H50N2O4Si3.C15H36O3Si3.C6H14N2O.CH4/c1-28(2,3)17-18-30(6,7)27-29(4,5)16-8-15-26-20-21(25)19-23-11-9-22(10-12-23)13-14-24;1-19(2,3)11-12-21(6,7)18-20(4,5)10-8-9-16-13-15-14-17-15;9-6-5-8-3-1-7-2-4-8;/h21,24-25H,8-20H2,1-7H3;15H,8-14H2,1-7H3;7,9H,1-6H2;1H4. The van der Waals surface area contributed by atoms with Crippen molar-refractivity contribution < 1.29 is 37.8 Å². The van der Waals surface area contributed by atoms with Gasteiger partial charge in [0.15, 0.2) is 33.3 Å². The molecule has 3 fully saturated rings. The van der Waals surface area contributed by atoms with Crippen LogP contribution >= 0.6 is 0 Å². The zero-order chi connectivity index (χ0) is 45.5. The first kappa shape index (κ1) is 61.8. The van der Waals surface area contributed by atoms with E-state index in [1.807, 2.05) is 0 Å². The molecule has 368 valence electrons.